The number of nitrogens with zero attached hydrogens (tertiary/aromatic N) is 1. The molecule has 90 valence electrons. The highest BCUT2D eigenvalue weighted by atomic mass is 16.7. The van der Waals surface area contributed by atoms with E-state index >= 15 is 0 Å². The zero-order chi connectivity index (χ0) is 11.4. The molecule has 2 aliphatic heterocycles. The quantitative estimate of drug-likeness (QED) is 0.536. The Kier molecular flexibility index (Phi) is 3.79. The van der Waals surface area contributed by atoms with Crippen molar-refractivity contribution in [3.05, 3.63) is 12.2 Å². The average molecular weight is 227 g/mol. The summed E-state index contributed by atoms with van der Waals surface area (Å²) in [6, 6.07) is -0.0146. The lowest BCUT2D eigenvalue weighted by atomic mass is 10.1. The zero-order valence-corrected chi connectivity index (χ0v) is 9.43. The Balaban J connectivity index is 2.06. The predicted molar refractivity (Wildman–Crippen MR) is 57.0 cm³/mol. The molecule has 2 rings (SSSR count). The van der Waals surface area contributed by atoms with Gasteiger partial charge in [-0.05, 0) is 12.8 Å². The summed E-state index contributed by atoms with van der Waals surface area (Å²) < 4.78 is 15.5. The SMILES string of the molecule is COCO[C@H]1/C=C\CCCN2C(=O)OC[C@H]12. The fourth-order valence-corrected chi connectivity index (χ4v) is 2.05. The molecule has 0 N–H and O–H groups in total. The maximum absolute atomic E-state index is 11.5. The van der Waals surface area contributed by atoms with Crippen LogP contribution in [0.5, 0.6) is 0 Å². The van der Waals surface area contributed by atoms with E-state index in [1.165, 1.54) is 0 Å². The van der Waals surface area contributed by atoms with Crippen molar-refractivity contribution in [3.8, 4) is 0 Å². The van der Waals surface area contributed by atoms with Crippen molar-refractivity contribution in [2.45, 2.75) is 25.0 Å². The summed E-state index contributed by atoms with van der Waals surface area (Å²) in [5.74, 6) is 0. The van der Waals surface area contributed by atoms with E-state index in [-0.39, 0.29) is 25.0 Å². The van der Waals surface area contributed by atoms with Crippen molar-refractivity contribution in [1.29, 1.82) is 0 Å². The number of methoxy groups -OCH3 is 1. The van der Waals surface area contributed by atoms with Gasteiger partial charge in [-0.25, -0.2) is 4.79 Å². The maximum atomic E-state index is 11.5. The van der Waals surface area contributed by atoms with Gasteiger partial charge in [0.2, 0.25) is 0 Å². The Morgan fingerprint density at radius 1 is 1.62 bits per heavy atom. The largest absolute Gasteiger partial charge is 0.447 e. The number of hydrogen-bond acceptors (Lipinski definition) is 4. The minimum Gasteiger partial charge on any atom is -0.447 e. The molecule has 1 amide bonds. The average Bonchev–Trinajstić information content (AvgIpc) is 2.59. The Hall–Kier alpha value is -1.07. The molecular weight excluding hydrogens is 210 g/mol. The molecule has 2 atom stereocenters. The monoisotopic (exact) mass is 227 g/mol. The lowest BCUT2D eigenvalue weighted by molar-refractivity contribution is -0.0742. The van der Waals surface area contributed by atoms with Crippen molar-refractivity contribution in [3.63, 3.8) is 0 Å². The van der Waals surface area contributed by atoms with E-state index < -0.39 is 0 Å². The molecule has 16 heavy (non-hydrogen) atoms. The molecule has 1 saturated heterocycles. The number of cyclic esters (lactones) is 1. The number of carbonyl (C=O) groups excluding carboxylic acids is 1. The number of rotatable bonds is 3. The number of amides is 1. The van der Waals surface area contributed by atoms with Crippen LogP contribution < -0.4 is 0 Å². The molecule has 0 saturated carbocycles. The summed E-state index contributed by atoms with van der Waals surface area (Å²) in [5.41, 5.74) is 0. The van der Waals surface area contributed by atoms with Gasteiger partial charge in [-0.2, -0.15) is 0 Å². The van der Waals surface area contributed by atoms with Gasteiger partial charge in [0, 0.05) is 13.7 Å². The second-order valence-corrected chi connectivity index (χ2v) is 3.95. The minimum absolute atomic E-state index is 0.0146. The van der Waals surface area contributed by atoms with Crippen LogP contribution in [-0.4, -0.2) is 50.2 Å². The van der Waals surface area contributed by atoms with Crippen molar-refractivity contribution in [1.82, 2.24) is 4.90 Å². The molecule has 1 fully saturated rings. The summed E-state index contributed by atoms with van der Waals surface area (Å²) in [5, 5.41) is 0. The van der Waals surface area contributed by atoms with E-state index in [1.807, 2.05) is 6.08 Å². The third kappa shape index (κ3) is 2.36. The molecule has 5 heteroatoms. The van der Waals surface area contributed by atoms with E-state index in [4.69, 9.17) is 14.2 Å². The fraction of sp³-hybridized carbons (Fsp3) is 0.727. The Labute approximate surface area is 94.9 Å². The second kappa shape index (κ2) is 5.32. The Morgan fingerprint density at radius 3 is 3.31 bits per heavy atom. The molecule has 0 aromatic heterocycles. The highest BCUT2D eigenvalue weighted by molar-refractivity contribution is 5.70. The smallest absolute Gasteiger partial charge is 0.410 e. The third-order valence-corrected chi connectivity index (χ3v) is 2.87. The topological polar surface area (TPSA) is 48.0 Å². The van der Waals surface area contributed by atoms with Gasteiger partial charge in [0.25, 0.3) is 0 Å². The summed E-state index contributed by atoms with van der Waals surface area (Å²) in [6.45, 7) is 1.37. The van der Waals surface area contributed by atoms with E-state index in [2.05, 4.69) is 6.08 Å². The molecule has 0 spiro atoms. The first-order valence-electron chi connectivity index (χ1n) is 5.53. The first-order valence-corrected chi connectivity index (χ1v) is 5.53. The minimum atomic E-state index is -0.230. The highest BCUT2D eigenvalue weighted by Gasteiger charge is 2.38. The molecule has 5 nitrogen and oxygen atoms in total. The van der Waals surface area contributed by atoms with E-state index in [9.17, 15) is 4.79 Å². The molecule has 0 aliphatic carbocycles. The van der Waals surface area contributed by atoms with Gasteiger partial charge < -0.3 is 14.2 Å². The van der Waals surface area contributed by atoms with Gasteiger partial charge in [0.15, 0.2) is 0 Å². The summed E-state index contributed by atoms with van der Waals surface area (Å²) in [6.07, 6.45) is 5.67. The highest BCUT2D eigenvalue weighted by Crippen LogP contribution is 2.21. The van der Waals surface area contributed by atoms with Gasteiger partial charge in [0.1, 0.15) is 19.5 Å². The number of carbonyl (C=O) groups is 1. The lowest BCUT2D eigenvalue weighted by Gasteiger charge is -2.28. The van der Waals surface area contributed by atoms with Crippen LogP contribution in [0.25, 0.3) is 0 Å². The van der Waals surface area contributed by atoms with Crippen LogP contribution >= 0.6 is 0 Å². The number of ether oxygens (including phenoxy) is 3. The van der Waals surface area contributed by atoms with Crippen LogP contribution in [0.4, 0.5) is 4.79 Å². The van der Waals surface area contributed by atoms with Crippen molar-refractivity contribution in [2.75, 3.05) is 27.1 Å². The molecule has 0 aromatic rings. The third-order valence-electron chi connectivity index (χ3n) is 2.87. The maximum Gasteiger partial charge on any atom is 0.410 e. The van der Waals surface area contributed by atoms with E-state index in [0.29, 0.717) is 6.61 Å². The second-order valence-electron chi connectivity index (χ2n) is 3.95. The summed E-state index contributed by atoms with van der Waals surface area (Å²) in [7, 11) is 1.58. The molecule has 2 aliphatic rings. The number of allylic oxidation sites excluding steroid dienone is 1. The van der Waals surface area contributed by atoms with Gasteiger partial charge >= 0.3 is 6.09 Å². The van der Waals surface area contributed by atoms with Crippen LogP contribution in [-0.2, 0) is 14.2 Å². The lowest BCUT2D eigenvalue weighted by Crippen LogP contribution is -2.43. The normalized spacial score (nSPS) is 31.6. The van der Waals surface area contributed by atoms with E-state index in [0.717, 1.165) is 19.4 Å². The predicted octanol–water partition coefficient (Wildman–Crippen LogP) is 1.15. The molecule has 0 bridgehead atoms. The molecule has 0 radical (unpaired) electrons. The number of fused-ring (bicyclic) bond motifs is 1. The van der Waals surface area contributed by atoms with Crippen LogP contribution in [0, 0.1) is 0 Å². The number of hydrogen-bond donors (Lipinski definition) is 0. The first kappa shape index (κ1) is 11.4. The summed E-state index contributed by atoms with van der Waals surface area (Å²) >= 11 is 0. The Morgan fingerprint density at radius 2 is 2.50 bits per heavy atom. The molecule has 2 heterocycles. The standard InChI is InChI=1S/C11H17NO4/c1-14-8-16-10-5-3-2-4-6-12-9(10)7-15-11(12)13/h3,5,9-10H,2,4,6-8H2,1H3/b5-3-/t9-,10+/m1/s1. The van der Waals surface area contributed by atoms with Crippen molar-refractivity contribution in [2.24, 2.45) is 0 Å². The summed E-state index contributed by atoms with van der Waals surface area (Å²) in [4.78, 5) is 13.2. The van der Waals surface area contributed by atoms with Gasteiger partial charge in [-0.3, -0.25) is 4.90 Å². The fourth-order valence-electron chi connectivity index (χ4n) is 2.05. The van der Waals surface area contributed by atoms with Crippen LogP contribution in [0.1, 0.15) is 12.8 Å². The molecule has 0 aromatic carbocycles. The Bertz CT molecular complexity index is 279. The first-order chi connectivity index (χ1) is 7.83. The van der Waals surface area contributed by atoms with Crippen molar-refractivity contribution < 1.29 is 19.0 Å². The zero-order valence-electron chi connectivity index (χ0n) is 9.43. The van der Waals surface area contributed by atoms with Crippen molar-refractivity contribution >= 4 is 6.09 Å². The molecule has 0 unspecified atom stereocenters. The van der Waals surface area contributed by atoms with Crippen LogP contribution in [0.3, 0.4) is 0 Å². The van der Waals surface area contributed by atoms with Gasteiger partial charge in [0.05, 0.1) is 6.04 Å². The van der Waals surface area contributed by atoms with Crippen LogP contribution in [0.15, 0.2) is 12.2 Å². The van der Waals surface area contributed by atoms with Crippen LogP contribution in [0.2, 0.25) is 0 Å². The van der Waals surface area contributed by atoms with Gasteiger partial charge in [-0.15, -0.1) is 0 Å². The van der Waals surface area contributed by atoms with Gasteiger partial charge in [-0.1, -0.05) is 12.2 Å². The molecular formula is C11H17NO4. The van der Waals surface area contributed by atoms with E-state index in [1.54, 1.807) is 12.0 Å².